The first-order valence-electron chi connectivity index (χ1n) is 15.9. The van der Waals surface area contributed by atoms with Crippen LogP contribution in [0.25, 0.3) is 5.69 Å². The Balaban J connectivity index is 1.40. The molecule has 232 valence electrons. The lowest BCUT2D eigenvalue weighted by atomic mass is 9.80. The average Bonchev–Trinajstić information content (AvgIpc) is 3.63. The summed E-state index contributed by atoms with van der Waals surface area (Å²) in [4.78, 5) is 4.66. The minimum absolute atomic E-state index is 0.0469. The van der Waals surface area contributed by atoms with Crippen LogP contribution in [0.1, 0.15) is 77.6 Å². The van der Waals surface area contributed by atoms with E-state index in [0.717, 1.165) is 35.1 Å². The van der Waals surface area contributed by atoms with Crippen LogP contribution < -0.4 is 14.5 Å². The highest BCUT2D eigenvalue weighted by Gasteiger charge is 2.27. The molecule has 0 spiro atoms. The van der Waals surface area contributed by atoms with E-state index < -0.39 is 0 Å². The van der Waals surface area contributed by atoms with Gasteiger partial charge in [-0.25, -0.2) is 4.68 Å². The zero-order chi connectivity index (χ0) is 32.1. The molecule has 5 nitrogen and oxygen atoms in total. The number of nitrogens with zero attached hydrogens (tertiary/aromatic N) is 4. The van der Waals surface area contributed by atoms with Gasteiger partial charge in [0.25, 0.3) is 0 Å². The number of aromatic nitrogens is 2. The van der Waals surface area contributed by atoms with Crippen molar-refractivity contribution in [1.82, 2.24) is 9.78 Å². The van der Waals surface area contributed by atoms with Crippen LogP contribution in [0.4, 0.5) is 17.1 Å². The van der Waals surface area contributed by atoms with Crippen molar-refractivity contribution in [3.63, 3.8) is 0 Å². The van der Waals surface area contributed by atoms with Gasteiger partial charge in [0.15, 0.2) is 0 Å². The van der Waals surface area contributed by atoms with Crippen molar-refractivity contribution in [3.8, 4) is 17.2 Å². The molecule has 0 aliphatic carbocycles. The Labute approximate surface area is 269 Å². The summed E-state index contributed by atoms with van der Waals surface area (Å²) in [5, 5.41) is 4.84. The Hall–Kier alpha value is -4.51. The Morgan fingerprint density at radius 2 is 1.16 bits per heavy atom. The minimum atomic E-state index is -0.174. The van der Waals surface area contributed by atoms with Crippen molar-refractivity contribution in [3.05, 3.63) is 126 Å². The topological polar surface area (TPSA) is 33.5 Å². The molecule has 0 saturated heterocycles. The van der Waals surface area contributed by atoms with Crippen LogP contribution in [-0.2, 0) is 16.2 Å². The molecule has 6 rings (SSSR count). The highest BCUT2D eigenvalue weighted by Crippen LogP contribution is 2.43. The second-order valence-corrected chi connectivity index (χ2v) is 15.0. The van der Waals surface area contributed by atoms with E-state index >= 15 is 0 Å². The maximum atomic E-state index is 6.79. The lowest BCUT2D eigenvalue weighted by Crippen LogP contribution is -2.24. The van der Waals surface area contributed by atoms with Gasteiger partial charge < -0.3 is 14.5 Å². The molecule has 0 amide bonds. The van der Waals surface area contributed by atoms with Gasteiger partial charge in [0.1, 0.15) is 11.5 Å². The molecule has 2 heterocycles. The molecule has 0 unspecified atom stereocenters. The van der Waals surface area contributed by atoms with E-state index in [4.69, 9.17) is 9.84 Å². The second-order valence-electron chi connectivity index (χ2n) is 15.0. The Bertz CT molecular complexity index is 1820. The molecule has 1 aromatic heterocycles. The lowest BCUT2D eigenvalue weighted by Gasteiger charge is -2.26. The number of hydrogen-bond acceptors (Lipinski definition) is 4. The number of benzene rings is 4. The summed E-state index contributed by atoms with van der Waals surface area (Å²) in [6.07, 6.45) is 4.14. The monoisotopic (exact) mass is 598 g/mol. The van der Waals surface area contributed by atoms with E-state index in [0.29, 0.717) is 0 Å². The second kappa shape index (κ2) is 11.1. The summed E-state index contributed by atoms with van der Waals surface area (Å²) in [6, 6.07) is 32.4. The standard InChI is InChI=1S/C40H46N4O/c1-38(2,3)29-19-32(43-27-42(9)36-17-13-14-18-37(36)43)23-34(21-29)45-35-22-30(39(4,5)6)20-33(24-35)44-26-31(25-41-44)40(7,8)28-15-11-10-12-16-28/h10-26H,27H2,1-9H3. The summed E-state index contributed by atoms with van der Waals surface area (Å²) in [5.41, 5.74) is 9.10. The van der Waals surface area contributed by atoms with Crippen molar-refractivity contribution in [2.75, 3.05) is 23.5 Å². The molecule has 0 bridgehead atoms. The third-order valence-electron chi connectivity index (χ3n) is 9.06. The Morgan fingerprint density at radius 3 is 1.78 bits per heavy atom. The summed E-state index contributed by atoms with van der Waals surface area (Å²) in [6.45, 7) is 18.8. The molecule has 0 N–H and O–H groups in total. The summed E-state index contributed by atoms with van der Waals surface area (Å²) < 4.78 is 8.77. The smallest absolute Gasteiger partial charge is 0.129 e. The molecule has 4 aromatic carbocycles. The fourth-order valence-corrected chi connectivity index (χ4v) is 5.98. The Morgan fingerprint density at radius 1 is 0.600 bits per heavy atom. The van der Waals surface area contributed by atoms with Crippen molar-refractivity contribution >= 4 is 17.1 Å². The maximum absolute atomic E-state index is 6.79. The minimum Gasteiger partial charge on any atom is -0.457 e. The van der Waals surface area contributed by atoms with Gasteiger partial charge in [-0.3, -0.25) is 0 Å². The third kappa shape index (κ3) is 6.09. The Kier molecular flexibility index (Phi) is 7.55. The molecular formula is C40H46N4O. The molecule has 1 aliphatic heterocycles. The lowest BCUT2D eigenvalue weighted by molar-refractivity contribution is 0.474. The number of para-hydroxylation sites is 2. The van der Waals surface area contributed by atoms with Crippen LogP contribution in [0.15, 0.2) is 103 Å². The fraction of sp³-hybridized carbons (Fsp3) is 0.325. The molecule has 0 atom stereocenters. The van der Waals surface area contributed by atoms with Crippen molar-refractivity contribution < 1.29 is 4.74 Å². The molecule has 1 aliphatic rings. The molecular weight excluding hydrogens is 552 g/mol. The van der Waals surface area contributed by atoms with Gasteiger partial charge in [0.2, 0.25) is 0 Å². The van der Waals surface area contributed by atoms with E-state index in [1.54, 1.807) is 0 Å². The van der Waals surface area contributed by atoms with Crippen molar-refractivity contribution in [2.45, 2.75) is 71.6 Å². The SMILES string of the molecule is CN1CN(c2cc(Oc3cc(-n4cc(C(C)(C)c5ccccc5)cn4)cc(C(C)(C)C)c3)cc(C(C)(C)C)c2)c2ccccc21. The van der Waals surface area contributed by atoms with Gasteiger partial charge in [-0.05, 0) is 63.9 Å². The predicted octanol–water partition coefficient (Wildman–Crippen LogP) is 10.1. The van der Waals surface area contributed by atoms with Gasteiger partial charge in [-0.2, -0.15) is 5.10 Å². The average molecular weight is 599 g/mol. The van der Waals surface area contributed by atoms with E-state index in [1.165, 1.54) is 28.1 Å². The summed E-state index contributed by atoms with van der Waals surface area (Å²) in [7, 11) is 2.14. The van der Waals surface area contributed by atoms with Gasteiger partial charge >= 0.3 is 0 Å². The summed E-state index contributed by atoms with van der Waals surface area (Å²) in [5.74, 6) is 1.63. The normalized spacial score (nSPS) is 13.7. The van der Waals surface area contributed by atoms with Crippen LogP contribution in [0.2, 0.25) is 0 Å². The first-order chi connectivity index (χ1) is 21.2. The highest BCUT2D eigenvalue weighted by molar-refractivity contribution is 5.82. The van der Waals surface area contributed by atoms with E-state index in [-0.39, 0.29) is 16.2 Å². The van der Waals surface area contributed by atoms with Gasteiger partial charge in [-0.15, -0.1) is 0 Å². The molecule has 45 heavy (non-hydrogen) atoms. The fourth-order valence-electron chi connectivity index (χ4n) is 5.98. The zero-order valence-electron chi connectivity index (χ0n) is 28.2. The predicted molar refractivity (Wildman–Crippen MR) is 188 cm³/mol. The van der Waals surface area contributed by atoms with Gasteiger partial charge in [0, 0.05) is 42.0 Å². The summed E-state index contributed by atoms with van der Waals surface area (Å²) >= 11 is 0. The van der Waals surface area contributed by atoms with E-state index in [2.05, 4.69) is 169 Å². The van der Waals surface area contributed by atoms with E-state index in [1.807, 2.05) is 10.9 Å². The highest BCUT2D eigenvalue weighted by atomic mass is 16.5. The first-order valence-corrected chi connectivity index (χ1v) is 15.9. The quantitative estimate of drug-likeness (QED) is 0.195. The molecule has 0 fully saturated rings. The zero-order valence-corrected chi connectivity index (χ0v) is 28.2. The number of fused-ring (bicyclic) bond motifs is 1. The number of rotatable bonds is 6. The van der Waals surface area contributed by atoms with E-state index in [9.17, 15) is 0 Å². The van der Waals surface area contributed by atoms with Crippen molar-refractivity contribution in [2.24, 2.45) is 0 Å². The van der Waals surface area contributed by atoms with Crippen LogP contribution in [-0.4, -0.2) is 23.5 Å². The van der Waals surface area contributed by atoms with Crippen LogP contribution in [0, 0.1) is 0 Å². The largest absolute Gasteiger partial charge is 0.457 e. The maximum Gasteiger partial charge on any atom is 0.129 e. The third-order valence-corrected chi connectivity index (χ3v) is 9.06. The molecule has 5 aromatic rings. The number of ether oxygens (including phenoxy) is 1. The molecule has 0 saturated carbocycles. The first kappa shape index (κ1) is 30.5. The van der Waals surface area contributed by atoms with Crippen LogP contribution in [0.5, 0.6) is 11.5 Å². The van der Waals surface area contributed by atoms with Crippen LogP contribution >= 0.6 is 0 Å². The van der Waals surface area contributed by atoms with Gasteiger partial charge in [-0.1, -0.05) is 97.9 Å². The van der Waals surface area contributed by atoms with Crippen molar-refractivity contribution in [1.29, 1.82) is 0 Å². The molecule has 5 heteroatoms. The molecule has 0 radical (unpaired) electrons. The van der Waals surface area contributed by atoms with Crippen LogP contribution in [0.3, 0.4) is 0 Å². The number of hydrogen-bond donors (Lipinski definition) is 0. The number of anilines is 3. The van der Waals surface area contributed by atoms with Gasteiger partial charge in [0.05, 0.1) is 29.9 Å².